The van der Waals surface area contributed by atoms with Gasteiger partial charge in [0.15, 0.2) is 0 Å². The Morgan fingerprint density at radius 1 is 1.23 bits per heavy atom. The van der Waals surface area contributed by atoms with Crippen LogP contribution in [0.15, 0.2) is 58.1 Å². The van der Waals surface area contributed by atoms with Crippen molar-refractivity contribution in [3.63, 3.8) is 0 Å². The van der Waals surface area contributed by atoms with Crippen LogP contribution in [0.5, 0.6) is 5.75 Å². The van der Waals surface area contributed by atoms with Gasteiger partial charge < -0.3 is 10.4 Å². The summed E-state index contributed by atoms with van der Waals surface area (Å²) in [6.07, 6.45) is 1.40. The zero-order valence-electron chi connectivity index (χ0n) is 12.0. The number of phenolic OH excluding ortho intramolecular Hbond substituents is 1. The second-order valence-corrected chi connectivity index (χ2v) is 5.58. The molecular formula is C16H16BrN3O2. The summed E-state index contributed by atoms with van der Waals surface area (Å²) in [6, 6.07) is 13.8. The van der Waals surface area contributed by atoms with E-state index >= 15 is 0 Å². The summed E-state index contributed by atoms with van der Waals surface area (Å²) in [7, 11) is 0. The number of hydrazone groups is 1. The Labute approximate surface area is 137 Å². The molecule has 0 bridgehead atoms. The molecule has 1 unspecified atom stereocenters. The maximum absolute atomic E-state index is 11.9. The third-order valence-electron chi connectivity index (χ3n) is 2.94. The summed E-state index contributed by atoms with van der Waals surface area (Å²) < 4.78 is 0.974. The quantitative estimate of drug-likeness (QED) is 0.565. The number of nitrogens with one attached hydrogen (secondary N) is 2. The zero-order chi connectivity index (χ0) is 15.9. The summed E-state index contributed by atoms with van der Waals surface area (Å²) in [6.45, 7) is 1.74. The highest BCUT2D eigenvalue weighted by Gasteiger charge is 2.11. The topological polar surface area (TPSA) is 73.7 Å². The van der Waals surface area contributed by atoms with Crippen molar-refractivity contribution < 1.29 is 9.90 Å². The third kappa shape index (κ3) is 4.60. The Morgan fingerprint density at radius 3 is 2.59 bits per heavy atom. The van der Waals surface area contributed by atoms with Gasteiger partial charge in [0.2, 0.25) is 0 Å². The van der Waals surface area contributed by atoms with E-state index in [1.807, 2.05) is 24.3 Å². The molecule has 0 aliphatic heterocycles. The van der Waals surface area contributed by atoms with Crippen LogP contribution in [-0.4, -0.2) is 23.3 Å². The average molecular weight is 362 g/mol. The van der Waals surface area contributed by atoms with E-state index in [1.165, 1.54) is 6.21 Å². The number of hydrogen-bond acceptors (Lipinski definition) is 4. The molecule has 5 nitrogen and oxygen atoms in total. The summed E-state index contributed by atoms with van der Waals surface area (Å²) >= 11 is 3.36. The normalized spacial score (nSPS) is 12.1. The van der Waals surface area contributed by atoms with Gasteiger partial charge in [0, 0.05) is 15.7 Å². The summed E-state index contributed by atoms with van der Waals surface area (Å²) in [5.41, 5.74) is 3.82. The van der Waals surface area contributed by atoms with Gasteiger partial charge in [-0.15, -0.1) is 0 Å². The van der Waals surface area contributed by atoms with Crippen molar-refractivity contribution in [3.05, 3.63) is 58.6 Å². The Balaban J connectivity index is 1.89. The molecule has 6 heteroatoms. The second kappa shape index (κ2) is 7.61. The van der Waals surface area contributed by atoms with Gasteiger partial charge in [-0.25, -0.2) is 5.43 Å². The van der Waals surface area contributed by atoms with E-state index in [4.69, 9.17) is 0 Å². The smallest absolute Gasteiger partial charge is 0.262 e. The first-order chi connectivity index (χ1) is 10.6. The molecule has 0 heterocycles. The maximum Gasteiger partial charge on any atom is 0.262 e. The third-order valence-corrected chi connectivity index (χ3v) is 3.46. The van der Waals surface area contributed by atoms with Gasteiger partial charge in [-0.2, -0.15) is 5.10 Å². The molecule has 0 fully saturated rings. The molecule has 0 spiro atoms. The van der Waals surface area contributed by atoms with Gasteiger partial charge in [0.25, 0.3) is 5.91 Å². The Morgan fingerprint density at radius 2 is 1.91 bits per heavy atom. The molecule has 0 saturated carbocycles. The van der Waals surface area contributed by atoms with E-state index in [1.54, 1.807) is 31.2 Å². The van der Waals surface area contributed by atoms with Gasteiger partial charge in [0.05, 0.1) is 6.21 Å². The van der Waals surface area contributed by atoms with Gasteiger partial charge in [-0.3, -0.25) is 4.79 Å². The van der Waals surface area contributed by atoms with Crippen molar-refractivity contribution in [2.75, 3.05) is 5.32 Å². The lowest BCUT2D eigenvalue weighted by Gasteiger charge is -2.13. The fourth-order valence-corrected chi connectivity index (χ4v) is 1.98. The molecule has 0 aliphatic rings. The number of rotatable bonds is 5. The number of anilines is 1. The molecule has 2 aromatic carbocycles. The minimum absolute atomic E-state index is 0.113. The maximum atomic E-state index is 11.9. The lowest BCUT2D eigenvalue weighted by molar-refractivity contribution is -0.121. The number of halogens is 1. The standard InChI is InChI=1S/C16H16BrN3O2/c1-11(19-14-8-6-13(17)7-9-14)16(22)20-18-10-12-4-2-3-5-15(12)21/h2-11,19,21H,1H3,(H,20,22)/b18-10-. The number of nitrogens with zero attached hydrogens (tertiary/aromatic N) is 1. The van der Waals surface area contributed by atoms with Crippen LogP contribution in [0.1, 0.15) is 12.5 Å². The fourth-order valence-electron chi connectivity index (χ4n) is 1.72. The van der Waals surface area contributed by atoms with Gasteiger partial charge in [-0.1, -0.05) is 28.1 Å². The van der Waals surface area contributed by atoms with Crippen LogP contribution < -0.4 is 10.7 Å². The molecule has 2 aromatic rings. The molecule has 114 valence electrons. The molecule has 1 amide bonds. The lowest BCUT2D eigenvalue weighted by atomic mass is 10.2. The first kappa shape index (κ1) is 16.0. The summed E-state index contributed by atoms with van der Waals surface area (Å²) in [5.74, 6) is -0.156. The van der Waals surface area contributed by atoms with Crippen LogP contribution in [-0.2, 0) is 4.79 Å². The molecule has 3 N–H and O–H groups in total. The molecule has 0 aromatic heterocycles. The van der Waals surface area contributed by atoms with Crippen molar-refractivity contribution in [1.29, 1.82) is 0 Å². The number of para-hydroxylation sites is 1. The highest BCUT2D eigenvalue weighted by Crippen LogP contribution is 2.15. The monoisotopic (exact) mass is 361 g/mol. The van der Waals surface area contributed by atoms with E-state index in [0.29, 0.717) is 5.56 Å². The Kier molecular flexibility index (Phi) is 5.55. The second-order valence-electron chi connectivity index (χ2n) is 4.67. The minimum Gasteiger partial charge on any atom is -0.507 e. The van der Waals surface area contributed by atoms with Gasteiger partial charge in [-0.05, 0) is 43.3 Å². The van der Waals surface area contributed by atoms with Crippen LogP contribution in [0.3, 0.4) is 0 Å². The van der Waals surface area contributed by atoms with Crippen molar-refractivity contribution in [2.24, 2.45) is 5.10 Å². The van der Waals surface area contributed by atoms with Crippen LogP contribution in [0.25, 0.3) is 0 Å². The molecule has 1 atom stereocenters. The number of carbonyl (C=O) groups is 1. The van der Waals surface area contributed by atoms with Crippen molar-refractivity contribution in [3.8, 4) is 5.75 Å². The van der Waals surface area contributed by atoms with E-state index in [2.05, 4.69) is 31.8 Å². The predicted octanol–water partition coefficient (Wildman–Crippen LogP) is 3.11. The van der Waals surface area contributed by atoms with E-state index in [9.17, 15) is 9.90 Å². The van der Waals surface area contributed by atoms with E-state index in [-0.39, 0.29) is 11.7 Å². The van der Waals surface area contributed by atoms with Crippen LogP contribution >= 0.6 is 15.9 Å². The molecule has 0 saturated heterocycles. The van der Waals surface area contributed by atoms with Gasteiger partial charge in [0.1, 0.15) is 11.8 Å². The number of hydrogen-bond donors (Lipinski definition) is 3. The number of benzene rings is 2. The van der Waals surface area contributed by atoms with Crippen LogP contribution in [0, 0.1) is 0 Å². The number of carbonyl (C=O) groups excluding carboxylic acids is 1. The van der Waals surface area contributed by atoms with E-state index < -0.39 is 6.04 Å². The zero-order valence-corrected chi connectivity index (χ0v) is 13.5. The molecular weight excluding hydrogens is 346 g/mol. The largest absolute Gasteiger partial charge is 0.507 e. The molecule has 0 aliphatic carbocycles. The van der Waals surface area contributed by atoms with Gasteiger partial charge >= 0.3 is 0 Å². The van der Waals surface area contributed by atoms with Crippen molar-refractivity contribution in [1.82, 2.24) is 5.43 Å². The molecule has 22 heavy (non-hydrogen) atoms. The highest BCUT2D eigenvalue weighted by molar-refractivity contribution is 9.10. The number of amides is 1. The molecule has 0 radical (unpaired) electrons. The molecule has 2 rings (SSSR count). The minimum atomic E-state index is -0.442. The first-order valence-corrected chi connectivity index (χ1v) is 7.48. The predicted molar refractivity (Wildman–Crippen MR) is 91.1 cm³/mol. The summed E-state index contributed by atoms with van der Waals surface area (Å²) in [5, 5.41) is 16.5. The van der Waals surface area contributed by atoms with Crippen molar-refractivity contribution in [2.45, 2.75) is 13.0 Å². The fraction of sp³-hybridized carbons (Fsp3) is 0.125. The van der Waals surface area contributed by atoms with Crippen LogP contribution in [0.2, 0.25) is 0 Å². The Bertz CT molecular complexity index is 671. The first-order valence-electron chi connectivity index (χ1n) is 6.69. The number of phenols is 1. The Hall–Kier alpha value is -2.34. The average Bonchev–Trinajstić information content (AvgIpc) is 2.51. The number of aromatic hydroxyl groups is 1. The lowest BCUT2D eigenvalue weighted by Crippen LogP contribution is -2.34. The summed E-state index contributed by atoms with van der Waals surface area (Å²) in [4.78, 5) is 11.9. The van der Waals surface area contributed by atoms with Crippen LogP contribution in [0.4, 0.5) is 5.69 Å². The SMILES string of the molecule is CC(Nc1ccc(Br)cc1)C(=O)N/N=C\c1ccccc1O. The van der Waals surface area contributed by atoms with E-state index in [0.717, 1.165) is 10.2 Å². The van der Waals surface area contributed by atoms with Crippen molar-refractivity contribution >= 4 is 33.7 Å². The highest BCUT2D eigenvalue weighted by atomic mass is 79.9.